The van der Waals surface area contributed by atoms with Crippen LogP contribution >= 0.6 is 0 Å². The number of hydrogen-bond acceptors (Lipinski definition) is 2. The minimum absolute atomic E-state index is 0.380. The molecule has 1 aliphatic heterocycles. The van der Waals surface area contributed by atoms with Gasteiger partial charge < -0.3 is 9.47 Å². The zero-order valence-electron chi connectivity index (χ0n) is 36.7. The second kappa shape index (κ2) is 15.5. The summed E-state index contributed by atoms with van der Waals surface area (Å²) in [4.78, 5) is 7.78. The average molecular weight is 844 g/mol. The van der Waals surface area contributed by atoms with Gasteiger partial charge in [-0.1, -0.05) is 188 Å². The van der Waals surface area contributed by atoms with Crippen molar-refractivity contribution >= 4 is 76.8 Å². The molecule has 1 aliphatic carbocycles. The van der Waals surface area contributed by atoms with Crippen LogP contribution in [0.3, 0.4) is 0 Å². The molecule has 1 aromatic heterocycles. The monoisotopic (exact) mass is 843 g/mol. The van der Waals surface area contributed by atoms with Gasteiger partial charge in [-0.2, -0.15) is 0 Å². The van der Waals surface area contributed by atoms with Crippen LogP contribution in [-0.2, 0) is 0 Å². The van der Waals surface area contributed by atoms with E-state index in [0.29, 0.717) is 5.92 Å². The molecule has 0 amide bonds. The number of aliphatic imine (C=N–C) groups is 1. The Hall–Kier alpha value is -8.27. The first-order valence-electron chi connectivity index (χ1n) is 23.1. The van der Waals surface area contributed by atoms with Gasteiger partial charge in [-0.05, 0) is 109 Å². The normalized spacial score (nSPS) is 14.9. The number of rotatable bonds is 6. The Morgan fingerprint density at radius 1 is 0.455 bits per heavy atom. The third kappa shape index (κ3) is 6.38. The van der Waals surface area contributed by atoms with Crippen molar-refractivity contribution < 1.29 is 0 Å². The van der Waals surface area contributed by atoms with E-state index >= 15 is 0 Å². The van der Waals surface area contributed by atoms with Crippen molar-refractivity contribution in [2.24, 2.45) is 4.99 Å². The molecule has 0 radical (unpaired) electrons. The van der Waals surface area contributed by atoms with Gasteiger partial charge in [0, 0.05) is 40.2 Å². The van der Waals surface area contributed by atoms with Crippen LogP contribution in [0, 0.1) is 0 Å². The fourth-order valence-electron chi connectivity index (χ4n) is 10.7. The molecule has 0 spiro atoms. The minimum atomic E-state index is 0.380. The topological polar surface area (TPSA) is 20.5 Å². The maximum atomic E-state index is 5.41. The van der Waals surface area contributed by atoms with Crippen LogP contribution < -0.4 is 4.90 Å². The highest BCUT2D eigenvalue weighted by molar-refractivity contribution is 6.23. The highest BCUT2D eigenvalue weighted by atomic mass is 15.1. The van der Waals surface area contributed by atoms with E-state index in [1.54, 1.807) is 0 Å². The molecule has 1 unspecified atom stereocenters. The molecule has 10 aromatic carbocycles. The van der Waals surface area contributed by atoms with E-state index in [-0.39, 0.29) is 0 Å². The Labute approximate surface area is 384 Å². The maximum absolute atomic E-state index is 5.41. The van der Waals surface area contributed by atoms with Crippen LogP contribution in [-0.4, -0.2) is 23.9 Å². The Morgan fingerprint density at radius 3 is 1.88 bits per heavy atom. The minimum Gasteiger partial charge on any atom is -0.366 e. The van der Waals surface area contributed by atoms with E-state index in [0.717, 1.165) is 35.6 Å². The van der Waals surface area contributed by atoms with E-state index in [1.807, 2.05) is 0 Å². The second-order valence-corrected chi connectivity index (χ2v) is 18.0. The molecule has 13 rings (SSSR count). The summed E-state index contributed by atoms with van der Waals surface area (Å²) in [5, 5.41) is 10.1. The summed E-state index contributed by atoms with van der Waals surface area (Å²) in [6.45, 7) is 0.740. The van der Waals surface area contributed by atoms with Crippen molar-refractivity contribution in [1.29, 1.82) is 0 Å². The first kappa shape index (κ1) is 38.2. The van der Waals surface area contributed by atoms with E-state index in [1.165, 1.54) is 98.8 Å². The highest BCUT2D eigenvalue weighted by Crippen LogP contribution is 2.46. The van der Waals surface area contributed by atoms with Gasteiger partial charge in [0.05, 0.1) is 34.7 Å². The summed E-state index contributed by atoms with van der Waals surface area (Å²) in [6, 6.07) is 75.6. The number of nitrogens with zero attached hydrogens (tertiary/aromatic N) is 3. The van der Waals surface area contributed by atoms with Gasteiger partial charge in [0.25, 0.3) is 0 Å². The van der Waals surface area contributed by atoms with Gasteiger partial charge in [0.2, 0.25) is 0 Å². The van der Waals surface area contributed by atoms with Crippen LogP contribution in [0.4, 0.5) is 11.4 Å². The van der Waals surface area contributed by atoms with E-state index in [2.05, 4.69) is 241 Å². The summed E-state index contributed by atoms with van der Waals surface area (Å²) in [7, 11) is 2.19. The largest absolute Gasteiger partial charge is 0.366 e. The molecule has 312 valence electrons. The number of aromatic nitrogens is 1. The molecule has 0 saturated heterocycles. The van der Waals surface area contributed by atoms with Gasteiger partial charge in [-0.15, -0.1) is 0 Å². The SMILES string of the molecule is CN1CC(c2cccc(-c3ccc(-c4cccc(-n5c6ccccc6c6cc(C7=CCC(c8ccc9ccccc9c8)C=C7)ccc65)c4)cc3)c2)=Nc2c1c1ccccc1c1ccccc21. The summed E-state index contributed by atoms with van der Waals surface area (Å²) in [6.07, 6.45) is 8.11. The lowest BCUT2D eigenvalue weighted by Crippen LogP contribution is -2.29. The molecule has 3 nitrogen and oxygen atoms in total. The average Bonchev–Trinajstić information content (AvgIpc) is 3.72. The van der Waals surface area contributed by atoms with Gasteiger partial charge in [-0.3, -0.25) is 0 Å². The predicted octanol–water partition coefficient (Wildman–Crippen LogP) is 16.3. The van der Waals surface area contributed by atoms with E-state index in [4.69, 9.17) is 4.99 Å². The van der Waals surface area contributed by atoms with Crippen molar-refractivity contribution in [1.82, 2.24) is 4.57 Å². The number of para-hydroxylation sites is 1. The summed E-state index contributed by atoms with van der Waals surface area (Å²) in [5.41, 5.74) is 16.7. The Balaban J connectivity index is 0.791. The molecular formula is C63H45N3. The molecule has 0 N–H and O–H groups in total. The standard InChI is InChI=1S/C63H45N3/c1-65-40-59(64-62-56-21-6-4-18-53(56)54-19-5-7-22-57(54)63(62)65)51-16-10-14-47(37-51)42-24-26-43(27-25-42)48-15-11-17-52(38-48)66-60-23-9-8-20-55(60)58-39-50(34-35-61(58)66)45-30-28-44(29-31-45)49-33-32-41-12-2-3-13-46(41)36-49/h2-28,30-39,44H,29,40H2,1H3. The molecular weight excluding hydrogens is 799 g/mol. The Kier molecular flexibility index (Phi) is 8.95. The summed E-state index contributed by atoms with van der Waals surface area (Å²) < 4.78 is 2.42. The van der Waals surface area contributed by atoms with Gasteiger partial charge in [0.1, 0.15) is 0 Å². The molecule has 0 fully saturated rings. The fourth-order valence-corrected chi connectivity index (χ4v) is 10.7. The number of fused-ring (bicyclic) bond motifs is 10. The quantitative estimate of drug-likeness (QED) is 0.153. The lowest BCUT2D eigenvalue weighted by Gasteiger charge is -2.29. The number of likely N-dealkylation sites (N-methyl/N-ethyl adjacent to an activating group) is 1. The molecule has 11 aromatic rings. The zero-order chi connectivity index (χ0) is 43.7. The van der Waals surface area contributed by atoms with Gasteiger partial charge in [-0.25, -0.2) is 4.99 Å². The number of anilines is 1. The van der Waals surface area contributed by atoms with Crippen molar-refractivity contribution in [3.05, 3.63) is 241 Å². The third-order valence-corrected chi connectivity index (χ3v) is 14.1. The van der Waals surface area contributed by atoms with Crippen molar-refractivity contribution in [3.63, 3.8) is 0 Å². The molecule has 0 saturated carbocycles. The van der Waals surface area contributed by atoms with Crippen LogP contribution in [0.1, 0.15) is 29.0 Å². The van der Waals surface area contributed by atoms with Crippen molar-refractivity contribution in [3.8, 4) is 27.9 Å². The van der Waals surface area contributed by atoms with Crippen molar-refractivity contribution in [2.75, 3.05) is 18.5 Å². The molecule has 0 bridgehead atoms. The zero-order valence-corrected chi connectivity index (χ0v) is 36.7. The van der Waals surface area contributed by atoms with Crippen LogP contribution in [0.15, 0.2) is 229 Å². The second-order valence-electron chi connectivity index (χ2n) is 18.0. The first-order valence-corrected chi connectivity index (χ1v) is 23.1. The lowest BCUT2D eigenvalue weighted by molar-refractivity contribution is 0.858. The first-order chi connectivity index (χ1) is 32.6. The summed E-state index contributed by atoms with van der Waals surface area (Å²) in [5.74, 6) is 0.380. The van der Waals surface area contributed by atoms with Crippen LogP contribution in [0.25, 0.3) is 87.6 Å². The fraction of sp³-hybridized carbons (Fsp3) is 0.0635. The Bertz CT molecular complexity index is 3840. The van der Waals surface area contributed by atoms with E-state index < -0.39 is 0 Å². The molecule has 2 heterocycles. The number of allylic oxidation sites excluding steroid dienone is 4. The lowest BCUT2D eigenvalue weighted by atomic mass is 9.87. The summed E-state index contributed by atoms with van der Waals surface area (Å²) >= 11 is 0. The predicted molar refractivity (Wildman–Crippen MR) is 281 cm³/mol. The third-order valence-electron chi connectivity index (χ3n) is 14.1. The maximum Gasteiger partial charge on any atom is 0.0952 e. The number of hydrogen-bond donors (Lipinski definition) is 0. The number of benzene rings is 10. The van der Waals surface area contributed by atoms with Crippen molar-refractivity contribution in [2.45, 2.75) is 12.3 Å². The highest BCUT2D eigenvalue weighted by Gasteiger charge is 2.24. The molecule has 3 heteroatoms. The smallest absolute Gasteiger partial charge is 0.0952 e. The Morgan fingerprint density at radius 2 is 1.09 bits per heavy atom. The molecule has 2 aliphatic rings. The van der Waals surface area contributed by atoms with Gasteiger partial charge >= 0.3 is 0 Å². The van der Waals surface area contributed by atoms with Crippen LogP contribution in [0.2, 0.25) is 0 Å². The van der Waals surface area contributed by atoms with E-state index in [9.17, 15) is 0 Å². The molecule has 66 heavy (non-hydrogen) atoms. The molecule has 1 atom stereocenters. The van der Waals surface area contributed by atoms with Crippen LogP contribution in [0.5, 0.6) is 0 Å². The van der Waals surface area contributed by atoms with Gasteiger partial charge in [0.15, 0.2) is 0 Å².